The molecule has 0 aromatic heterocycles. The summed E-state index contributed by atoms with van der Waals surface area (Å²) >= 11 is 0. The molecule has 4 heteroatoms. The molecular formula is C20H36O4. The van der Waals surface area contributed by atoms with Gasteiger partial charge in [0.25, 0.3) is 0 Å². The summed E-state index contributed by atoms with van der Waals surface area (Å²) in [5.41, 5.74) is 0. The predicted molar refractivity (Wildman–Crippen MR) is 95.7 cm³/mol. The second-order valence-electron chi connectivity index (χ2n) is 7.45. The normalized spacial score (nSPS) is 28.2. The zero-order chi connectivity index (χ0) is 17.8. The number of carbonyl (C=O) groups excluding carboxylic acids is 2. The molecule has 0 aliphatic heterocycles. The number of rotatable bonds is 2. The summed E-state index contributed by atoms with van der Waals surface area (Å²) in [6, 6.07) is 0. The van der Waals surface area contributed by atoms with Gasteiger partial charge in [-0.05, 0) is 44.4 Å². The second-order valence-corrected chi connectivity index (χ2v) is 7.45. The van der Waals surface area contributed by atoms with Crippen LogP contribution >= 0.6 is 0 Å². The Bertz CT molecular complexity index is 333. The summed E-state index contributed by atoms with van der Waals surface area (Å²) in [5.74, 6) is -0.00728. The first kappa shape index (κ1) is 21.0. The van der Waals surface area contributed by atoms with Gasteiger partial charge >= 0.3 is 11.9 Å². The lowest BCUT2D eigenvalue weighted by atomic mass is 9.92. The van der Waals surface area contributed by atoms with Crippen molar-refractivity contribution >= 4 is 11.9 Å². The van der Waals surface area contributed by atoms with Gasteiger partial charge in [-0.3, -0.25) is 9.59 Å². The zero-order valence-electron chi connectivity index (χ0n) is 15.9. The van der Waals surface area contributed by atoms with Crippen LogP contribution in [0.1, 0.15) is 97.8 Å². The van der Waals surface area contributed by atoms with Crippen molar-refractivity contribution in [2.75, 3.05) is 0 Å². The Kier molecular flexibility index (Phi) is 10.8. The van der Waals surface area contributed by atoms with E-state index in [0.717, 1.165) is 38.5 Å². The summed E-state index contributed by atoms with van der Waals surface area (Å²) in [7, 11) is 0. The first-order valence-electron chi connectivity index (χ1n) is 9.81. The Morgan fingerprint density at radius 2 is 1.00 bits per heavy atom. The molecule has 1 aliphatic rings. The van der Waals surface area contributed by atoms with Crippen molar-refractivity contribution in [3.63, 3.8) is 0 Å². The number of carbonyl (C=O) groups is 2. The van der Waals surface area contributed by atoms with E-state index >= 15 is 0 Å². The molecule has 0 heterocycles. The standard InChI is InChI=1S/C20H36O4/c1-16-14-19(23-17(2)21)12-10-8-6-4-5-7-9-11-13-20(15-16)24-18(3)22/h16,19-20H,4-15H2,1-3H3. The molecule has 0 spiro atoms. The van der Waals surface area contributed by atoms with Crippen molar-refractivity contribution in [3.8, 4) is 0 Å². The van der Waals surface area contributed by atoms with E-state index in [2.05, 4.69) is 6.92 Å². The molecule has 0 aromatic rings. The molecule has 0 radical (unpaired) electrons. The summed E-state index contributed by atoms with van der Waals surface area (Å²) in [5, 5.41) is 0. The lowest BCUT2D eigenvalue weighted by Gasteiger charge is -2.24. The van der Waals surface area contributed by atoms with E-state index < -0.39 is 0 Å². The van der Waals surface area contributed by atoms with Crippen LogP contribution in [0.15, 0.2) is 0 Å². The van der Waals surface area contributed by atoms with Crippen LogP contribution in [0.5, 0.6) is 0 Å². The topological polar surface area (TPSA) is 52.6 Å². The number of esters is 2. The van der Waals surface area contributed by atoms with E-state index in [1.165, 1.54) is 52.4 Å². The van der Waals surface area contributed by atoms with Gasteiger partial charge in [-0.25, -0.2) is 0 Å². The zero-order valence-corrected chi connectivity index (χ0v) is 15.9. The first-order valence-corrected chi connectivity index (χ1v) is 9.81. The van der Waals surface area contributed by atoms with Gasteiger partial charge in [-0.2, -0.15) is 0 Å². The van der Waals surface area contributed by atoms with Crippen LogP contribution in [0.25, 0.3) is 0 Å². The van der Waals surface area contributed by atoms with Crippen molar-refractivity contribution < 1.29 is 19.1 Å². The van der Waals surface area contributed by atoms with Crippen molar-refractivity contribution in [2.45, 2.75) is 110 Å². The van der Waals surface area contributed by atoms with Gasteiger partial charge in [0.05, 0.1) is 0 Å². The van der Waals surface area contributed by atoms with E-state index in [4.69, 9.17) is 9.47 Å². The lowest BCUT2D eigenvalue weighted by molar-refractivity contribution is -0.148. The average molecular weight is 341 g/mol. The van der Waals surface area contributed by atoms with Gasteiger partial charge in [0.15, 0.2) is 0 Å². The molecule has 1 fully saturated rings. The first-order chi connectivity index (χ1) is 11.5. The van der Waals surface area contributed by atoms with Crippen LogP contribution in [0.4, 0.5) is 0 Å². The molecular weight excluding hydrogens is 304 g/mol. The quantitative estimate of drug-likeness (QED) is 0.650. The second kappa shape index (κ2) is 12.3. The fourth-order valence-electron chi connectivity index (χ4n) is 3.72. The van der Waals surface area contributed by atoms with Crippen molar-refractivity contribution in [1.29, 1.82) is 0 Å². The highest BCUT2D eigenvalue weighted by Crippen LogP contribution is 2.24. The monoisotopic (exact) mass is 340 g/mol. The maximum Gasteiger partial charge on any atom is 0.302 e. The van der Waals surface area contributed by atoms with E-state index in [1.54, 1.807) is 0 Å². The molecule has 4 nitrogen and oxygen atoms in total. The van der Waals surface area contributed by atoms with Crippen LogP contribution in [-0.4, -0.2) is 24.1 Å². The van der Waals surface area contributed by atoms with Crippen LogP contribution in [0.2, 0.25) is 0 Å². The highest BCUT2D eigenvalue weighted by Gasteiger charge is 2.21. The average Bonchev–Trinajstić information content (AvgIpc) is 2.47. The molecule has 1 rings (SSSR count). The van der Waals surface area contributed by atoms with Crippen LogP contribution < -0.4 is 0 Å². The Balaban J connectivity index is 2.62. The van der Waals surface area contributed by atoms with E-state index in [-0.39, 0.29) is 24.1 Å². The van der Waals surface area contributed by atoms with Gasteiger partial charge in [0.1, 0.15) is 12.2 Å². The van der Waals surface area contributed by atoms with Crippen LogP contribution in [-0.2, 0) is 19.1 Å². The Hall–Kier alpha value is -1.06. The van der Waals surface area contributed by atoms with Crippen LogP contribution in [0.3, 0.4) is 0 Å². The van der Waals surface area contributed by atoms with Gasteiger partial charge in [-0.15, -0.1) is 0 Å². The molecule has 24 heavy (non-hydrogen) atoms. The molecule has 2 unspecified atom stereocenters. The Morgan fingerprint density at radius 3 is 1.33 bits per heavy atom. The molecule has 2 atom stereocenters. The highest BCUT2D eigenvalue weighted by molar-refractivity contribution is 5.66. The Morgan fingerprint density at radius 1 is 0.667 bits per heavy atom. The SMILES string of the molecule is CC(=O)OC1CCCCCCCCCCC(OC(C)=O)CC(C)C1. The van der Waals surface area contributed by atoms with E-state index in [9.17, 15) is 9.59 Å². The third-order valence-electron chi connectivity index (χ3n) is 4.80. The third-order valence-corrected chi connectivity index (χ3v) is 4.80. The lowest BCUT2D eigenvalue weighted by Crippen LogP contribution is -2.24. The molecule has 0 aromatic carbocycles. The maximum absolute atomic E-state index is 11.4. The Labute approximate surface area is 147 Å². The van der Waals surface area contributed by atoms with Crippen LogP contribution in [0, 0.1) is 5.92 Å². The number of ether oxygens (including phenoxy) is 2. The minimum absolute atomic E-state index is 0.000561. The minimum Gasteiger partial charge on any atom is -0.463 e. The largest absolute Gasteiger partial charge is 0.463 e. The fraction of sp³-hybridized carbons (Fsp3) is 0.900. The molecule has 0 amide bonds. The predicted octanol–water partition coefficient (Wildman–Crippen LogP) is 5.18. The molecule has 0 N–H and O–H groups in total. The molecule has 1 saturated carbocycles. The van der Waals surface area contributed by atoms with Gasteiger partial charge in [0, 0.05) is 13.8 Å². The highest BCUT2D eigenvalue weighted by atomic mass is 16.5. The van der Waals surface area contributed by atoms with E-state index in [1.807, 2.05) is 0 Å². The van der Waals surface area contributed by atoms with Gasteiger partial charge < -0.3 is 9.47 Å². The van der Waals surface area contributed by atoms with Gasteiger partial charge in [0.2, 0.25) is 0 Å². The molecule has 0 bridgehead atoms. The van der Waals surface area contributed by atoms with E-state index in [0.29, 0.717) is 5.92 Å². The summed E-state index contributed by atoms with van der Waals surface area (Å²) < 4.78 is 11.0. The third kappa shape index (κ3) is 10.7. The molecule has 1 aliphatic carbocycles. The number of hydrogen-bond donors (Lipinski definition) is 0. The fourth-order valence-corrected chi connectivity index (χ4v) is 3.72. The summed E-state index contributed by atoms with van der Waals surface area (Å²) in [4.78, 5) is 22.7. The molecule has 0 saturated heterocycles. The molecule has 140 valence electrons. The van der Waals surface area contributed by atoms with Crippen molar-refractivity contribution in [2.24, 2.45) is 5.92 Å². The smallest absolute Gasteiger partial charge is 0.302 e. The minimum atomic E-state index is -0.193. The summed E-state index contributed by atoms with van der Waals surface area (Å²) in [6.45, 7) is 5.15. The van der Waals surface area contributed by atoms with Crippen molar-refractivity contribution in [1.82, 2.24) is 0 Å². The van der Waals surface area contributed by atoms with Gasteiger partial charge in [-0.1, -0.05) is 45.4 Å². The maximum atomic E-state index is 11.4. The summed E-state index contributed by atoms with van der Waals surface area (Å²) in [6.07, 6.45) is 13.4. The van der Waals surface area contributed by atoms with Crippen molar-refractivity contribution in [3.05, 3.63) is 0 Å². The number of hydrogen-bond acceptors (Lipinski definition) is 4.